The molecule has 3 saturated heterocycles. The smallest absolute Gasteiger partial charge is 0.319 e. The van der Waals surface area contributed by atoms with Crippen molar-refractivity contribution in [2.75, 3.05) is 43.9 Å². The molecule has 0 aliphatic carbocycles. The second-order valence-corrected chi connectivity index (χ2v) is 13.9. The Morgan fingerprint density at radius 3 is 2.87 bits per heavy atom. The second kappa shape index (κ2) is 11.5. The zero-order chi connectivity index (χ0) is 32.5. The second-order valence-electron chi connectivity index (χ2n) is 12.5. The number of ether oxygens (including phenoxy) is 1. The number of hydrogen-bond donors (Lipinski definition) is 1. The highest BCUT2D eigenvalue weighted by atomic mass is 35.5. The number of rotatable bonds is 7. The van der Waals surface area contributed by atoms with Crippen molar-refractivity contribution in [2.45, 2.75) is 56.4 Å². The Kier molecular flexibility index (Phi) is 7.76. The molecule has 0 unspecified atom stereocenters. The lowest BCUT2D eigenvalue weighted by atomic mass is 9.95. The normalized spacial score (nSPS) is 24.7. The summed E-state index contributed by atoms with van der Waals surface area (Å²) >= 11 is 7.76. The third kappa shape index (κ3) is 5.03. The van der Waals surface area contributed by atoms with Gasteiger partial charge in [-0.05, 0) is 57.0 Å². The summed E-state index contributed by atoms with van der Waals surface area (Å²) in [6.45, 7) is 7.30. The SMILES string of the molecule is C=CC(=O)N1C[C@H](N(C)c2nc(OC[C@@]34CCCN3C[C@H](F)C4)nc3c(F)c(-c4ccc(F)c5sc(N)nc45)c(Cl)cc23)C[C@@H]1C. The quantitative estimate of drug-likeness (QED) is 0.239. The Bertz CT molecular complexity index is 1890. The van der Waals surface area contributed by atoms with E-state index in [0.717, 1.165) is 30.7 Å². The number of nitrogens with zero attached hydrogens (tertiary/aromatic N) is 6. The van der Waals surface area contributed by atoms with Gasteiger partial charge in [-0.1, -0.05) is 29.5 Å². The van der Waals surface area contributed by atoms with Crippen molar-refractivity contribution in [3.63, 3.8) is 0 Å². The van der Waals surface area contributed by atoms with E-state index in [2.05, 4.69) is 21.4 Å². The number of fused-ring (bicyclic) bond motifs is 3. The van der Waals surface area contributed by atoms with Gasteiger partial charge in [-0.25, -0.2) is 18.2 Å². The predicted octanol–water partition coefficient (Wildman–Crippen LogP) is 5.99. The molecule has 3 fully saturated rings. The summed E-state index contributed by atoms with van der Waals surface area (Å²) in [5.41, 5.74) is 5.84. The number of likely N-dealkylation sites (N-methyl/N-ethyl adjacent to an activating group) is 1. The van der Waals surface area contributed by atoms with Crippen LogP contribution in [0.15, 0.2) is 30.9 Å². The number of likely N-dealkylation sites (tertiary alicyclic amines) is 1. The van der Waals surface area contributed by atoms with Crippen molar-refractivity contribution < 1.29 is 22.7 Å². The van der Waals surface area contributed by atoms with Crippen LogP contribution >= 0.6 is 22.9 Å². The van der Waals surface area contributed by atoms with E-state index < -0.39 is 23.3 Å². The first kappa shape index (κ1) is 30.9. The van der Waals surface area contributed by atoms with Gasteiger partial charge in [0.05, 0.1) is 20.8 Å². The molecule has 2 N–H and O–H groups in total. The molecule has 0 saturated carbocycles. The average Bonchev–Trinajstić information content (AvgIpc) is 3.78. The molecule has 242 valence electrons. The van der Waals surface area contributed by atoms with Crippen LogP contribution in [-0.4, -0.2) is 87.7 Å². The van der Waals surface area contributed by atoms with E-state index >= 15 is 4.39 Å². The minimum absolute atomic E-state index is 0.00316. The van der Waals surface area contributed by atoms with Crippen LogP contribution in [0.4, 0.5) is 24.1 Å². The number of aromatic nitrogens is 3. The first-order valence-electron chi connectivity index (χ1n) is 15.2. The summed E-state index contributed by atoms with van der Waals surface area (Å²) in [5.74, 6) is -1.08. The number of benzene rings is 2. The zero-order valence-electron chi connectivity index (χ0n) is 25.4. The van der Waals surface area contributed by atoms with Crippen LogP contribution < -0.4 is 15.4 Å². The lowest BCUT2D eigenvalue weighted by molar-refractivity contribution is -0.126. The lowest BCUT2D eigenvalue weighted by Gasteiger charge is -2.31. The van der Waals surface area contributed by atoms with Gasteiger partial charge in [0, 0.05) is 55.2 Å². The molecule has 3 aliphatic heterocycles. The number of nitrogens with two attached hydrogens (primary N) is 1. The van der Waals surface area contributed by atoms with Gasteiger partial charge < -0.3 is 20.3 Å². The molecule has 2 aromatic heterocycles. The molecular weight excluding hydrogens is 639 g/mol. The molecule has 0 spiro atoms. The largest absolute Gasteiger partial charge is 0.461 e. The summed E-state index contributed by atoms with van der Waals surface area (Å²) in [6, 6.07) is 3.97. The van der Waals surface area contributed by atoms with Crippen LogP contribution in [-0.2, 0) is 4.79 Å². The van der Waals surface area contributed by atoms with Gasteiger partial charge in [-0.3, -0.25) is 9.69 Å². The molecule has 4 aromatic rings. The van der Waals surface area contributed by atoms with E-state index in [1.807, 2.05) is 18.9 Å². The number of amides is 1. The molecule has 3 aliphatic rings. The number of carbonyl (C=O) groups is 1. The maximum absolute atomic E-state index is 16.8. The number of alkyl halides is 1. The molecule has 0 bridgehead atoms. The molecule has 14 heteroatoms. The highest BCUT2D eigenvalue weighted by Gasteiger charge is 2.49. The Morgan fingerprint density at radius 2 is 2.09 bits per heavy atom. The van der Waals surface area contributed by atoms with E-state index in [1.54, 1.807) is 11.0 Å². The highest BCUT2D eigenvalue weighted by Crippen LogP contribution is 2.44. The number of halogens is 4. The number of thiazole rings is 1. The van der Waals surface area contributed by atoms with Crippen LogP contribution in [0.2, 0.25) is 5.02 Å². The van der Waals surface area contributed by atoms with Crippen molar-refractivity contribution in [2.24, 2.45) is 0 Å². The summed E-state index contributed by atoms with van der Waals surface area (Å²) in [7, 11) is 1.83. The molecule has 1 amide bonds. The molecule has 7 rings (SSSR count). The zero-order valence-corrected chi connectivity index (χ0v) is 27.0. The molecule has 46 heavy (non-hydrogen) atoms. The van der Waals surface area contributed by atoms with Crippen molar-refractivity contribution in [1.82, 2.24) is 24.8 Å². The van der Waals surface area contributed by atoms with Crippen molar-refractivity contribution in [3.8, 4) is 17.1 Å². The topological polar surface area (TPSA) is 101 Å². The highest BCUT2D eigenvalue weighted by molar-refractivity contribution is 7.22. The van der Waals surface area contributed by atoms with Crippen LogP contribution in [0.25, 0.3) is 32.2 Å². The van der Waals surface area contributed by atoms with Crippen molar-refractivity contribution >= 4 is 60.9 Å². The Balaban J connectivity index is 1.35. The fraction of sp³-hybridized carbons (Fsp3) is 0.438. The standard InChI is InChI=1S/C32H33ClF3N7O2S/c1-4-23(44)43-14-18(10-16(43)2)41(3)29-20-11-21(33)24(19-6-7-22(35)28-27(19)38-30(37)46-28)25(36)26(20)39-31(40-29)45-15-32-8-5-9-42(32)13-17(34)12-32/h4,6-7,11,16-18H,1,5,8-10,12-15H2,2-3H3,(H2,37,38)/t16-,17+,18+,32-/m0/s1. The number of anilines is 2. The minimum Gasteiger partial charge on any atom is -0.461 e. The van der Waals surface area contributed by atoms with Crippen LogP contribution in [0.1, 0.15) is 32.6 Å². The van der Waals surface area contributed by atoms with E-state index in [1.165, 1.54) is 18.2 Å². The number of carbonyl (C=O) groups excluding carboxylic acids is 1. The molecular formula is C32H33ClF3N7O2S. The summed E-state index contributed by atoms with van der Waals surface area (Å²) in [4.78, 5) is 31.8. The maximum Gasteiger partial charge on any atom is 0.319 e. The van der Waals surface area contributed by atoms with Crippen molar-refractivity contribution in [3.05, 3.63) is 47.5 Å². The van der Waals surface area contributed by atoms with Gasteiger partial charge in [0.1, 0.15) is 29.9 Å². The Labute approximate surface area is 272 Å². The summed E-state index contributed by atoms with van der Waals surface area (Å²) < 4.78 is 52.3. The molecule has 9 nitrogen and oxygen atoms in total. The molecule has 0 radical (unpaired) electrons. The van der Waals surface area contributed by atoms with Crippen LogP contribution in [0, 0.1) is 11.6 Å². The first-order chi connectivity index (χ1) is 22.0. The first-order valence-corrected chi connectivity index (χ1v) is 16.4. The minimum atomic E-state index is -0.942. The van der Waals surface area contributed by atoms with Gasteiger partial charge in [-0.2, -0.15) is 9.97 Å². The molecule has 2 aromatic carbocycles. The fourth-order valence-electron chi connectivity index (χ4n) is 7.46. The van der Waals surface area contributed by atoms with E-state index in [9.17, 15) is 13.6 Å². The van der Waals surface area contributed by atoms with Gasteiger partial charge in [-0.15, -0.1) is 0 Å². The van der Waals surface area contributed by atoms with Gasteiger partial charge in [0.25, 0.3) is 0 Å². The van der Waals surface area contributed by atoms with Gasteiger partial charge in [0.15, 0.2) is 10.9 Å². The third-order valence-electron chi connectivity index (χ3n) is 9.75. The van der Waals surface area contributed by atoms with E-state index in [0.29, 0.717) is 37.1 Å². The maximum atomic E-state index is 16.8. The summed E-state index contributed by atoms with van der Waals surface area (Å²) in [6.07, 6.45) is 3.06. The van der Waals surface area contributed by atoms with Crippen molar-refractivity contribution in [1.29, 1.82) is 0 Å². The van der Waals surface area contributed by atoms with E-state index in [4.69, 9.17) is 27.1 Å². The predicted molar refractivity (Wildman–Crippen MR) is 174 cm³/mol. The van der Waals surface area contributed by atoms with Gasteiger partial charge in [0.2, 0.25) is 5.91 Å². The van der Waals surface area contributed by atoms with Crippen LogP contribution in [0.3, 0.4) is 0 Å². The Hall–Kier alpha value is -3.68. The fourth-order valence-corrected chi connectivity index (χ4v) is 8.52. The number of nitrogen functional groups attached to an aromatic ring is 1. The average molecular weight is 672 g/mol. The lowest BCUT2D eigenvalue weighted by Crippen LogP contribution is -2.43. The molecule has 5 heterocycles. The van der Waals surface area contributed by atoms with Gasteiger partial charge >= 0.3 is 6.01 Å². The Morgan fingerprint density at radius 1 is 1.28 bits per heavy atom. The third-order valence-corrected chi connectivity index (χ3v) is 10.9. The monoisotopic (exact) mass is 671 g/mol. The van der Waals surface area contributed by atoms with Crippen LogP contribution in [0.5, 0.6) is 6.01 Å². The molecule has 4 atom stereocenters. The summed E-state index contributed by atoms with van der Waals surface area (Å²) in [5, 5.41) is 0.530. The van der Waals surface area contributed by atoms with E-state index in [-0.39, 0.29) is 67.6 Å². The number of hydrogen-bond acceptors (Lipinski definition) is 9.